The molecule has 0 atom stereocenters. The number of aromatic nitrogens is 5. The van der Waals surface area contributed by atoms with Gasteiger partial charge in [0.15, 0.2) is 0 Å². The van der Waals surface area contributed by atoms with E-state index in [0.717, 1.165) is 11.0 Å². The van der Waals surface area contributed by atoms with Crippen LogP contribution in [0.4, 0.5) is 17.6 Å². The summed E-state index contributed by atoms with van der Waals surface area (Å²) in [6, 6.07) is 14.2. The van der Waals surface area contributed by atoms with Crippen LogP contribution in [0.15, 0.2) is 54.9 Å². The molecule has 0 spiro atoms. The van der Waals surface area contributed by atoms with Crippen LogP contribution in [0, 0.1) is 0 Å². The zero-order valence-electron chi connectivity index (χ0n) is 12.5. The highest BCUT2D eigenvalue weighted by Crippen LogP contribution is 2.22. The Labute approximate surface area is 136 Å². The number of hydrogen-bond acceptors (Lipinski definition) is 7. The number of benzene rings is 2. The van der Waals surface area contributed by atoms with Gasteiger partial charge in [-0.25, -0.2) is 19.5 Å². The number of phenolic OH excluding ortho intramolecular Hbond substituents is 1. The molecule has 118 valence electrons. The van der Waals surface area contributed by atoms with Crippen LogP contribution in [0.2, 0.25) is 0 Å². The molecule has 0 fully saturated rings. The molecule has 0 aliphatic carbocycles. The van der Waals surface area contributed by atoms with Crippen molar-refractivity contribution in [1.29, 1.82) is 0 Å². The number of imidazole rings is 1. The smallest absolute Gasteiger partial charge is 0.241 e. The lowest BCUT2D eigenvalue weighted by Crippen LogP contribution is -2.08. The maximum Gasteiger partial charge on any atom is 0.241 e. The Morgan fingerprint density at radius 3 is 2.75 bits per heavy atom. The van der Waals surface area contributed by atoms with Crippen LogP contribution in [-0.4, -0.2) is 29.6 Å². The van der Waals surface area contributed by atoms with E-state index in [9.17, 15) is 5.11 Å². The average Bonchev–Trinajstić information content (AvgIpc) is 2.91. The van der Waals surface area contributed by atoms with Crippen molar-refractivity contribution in [2.45, 2.75) is 0 Å². The van der Waals surface area contributed by atoms with E-state index in [2.05, 4.69) is 25.3 Å². The molecule has 0 saturated heterocycles. The van der Waals surface area contributed by atoms with E-state index in [0.29, 0.717) is 23.5 Å². The number of hydrogen-bond donors (Lipinski definition) is 3. The lowest BCUT2D eigenvalue weighted by molar-refractivity contribution is 0.475. The Hall–Kier alpha value is -3.68. The SMILES string of the molecule is Nc1nc2ccccc2n1-c1ncnc(Nc2cccc(O)c2)n1. The van der Waals surface area contributed by atoms with Crippen molar-refractivity contribution in [2.24, 2.45) is 0 Å². The maximum atomic E-state index is 9.53. The van der Waals surface area contributed by atoms with Crippen molar-refractivity contribution in [3.05, 3.63) is 54.9 Å². The fraction of sp³-hybridized carbons (Fsp3) is 0. The molecule has 8 heteroatoms. The fourth-order valence-corrected chi connectivity index (χ4v) is 2.42. The Balaban J connectivity index is 1.76. The second-order valence-corrected chi connectivity index (χ2v) is 5.08. The highest BCUT2D eigenvalue weighted by atomic mass is 16.3. The van der Waals surface area contributed by atoms with Crippen LogP contribution in [0.1, 0.15) is 0 Å². The van der Waals surface area contributed by atoms with E-state index in [1.807, 2.05) is 24.3 Å². The number of aromatic hydroxyl groups is 1. The van der Waals surface area contributed by atoms with Gasteiger partial charge >= 0.3 is 0 Å². The third-order valence-corrected chi connectivity index (χ3v) is 3.45. The van der Waals surface area contributed by atoms with Gasteiger partial charge in [-0.1, -0.05) is 18.2 Å². The Kier molecular flexibility index (Phi) is 3.20. The zero-order valence-corrected chi connectivity index (χ0v) is 12.5. The van der Waals surface area contributed by atoms with Crippen molar-refractivity contribution in [3.8, 4) is 11.7 Å². The topological polar surface area (TPSA) is 115 Å². The number of nitrogens with zero attached hydrogens (tertiary/aromatic N) is 5. The largest absolute Gasteiger partial charge is 0.508 e. The first-order valence-corrected chi connectivity index (χ1v) is 7.19. The number of rotatable bonds is 3. The Morgan fingerprint density at radius 2 is 1.88 bits per heavy atom. The molecule has 24 heavy (non-hydrogen) atoms. The van der Waals surface area contributed by atoms with Gasteiger partial charge in [-0.05, 0) is 24.3 Å². The average molecular weight is 319 g/mol. The monoisotopic (exact) mass is 319 g/mol. The molecule has 4 aromatic rings. The minimum absolute atomic E-state index is 0.152. The van der Waals surface area contributed by atoms with Gasteiger partial charge in [0.05, 0.1) is 11.0 Å². The van der Waals surface area contributed by atoms with E-state index < -0.39 is 0 Å². The van der Waals surface area contributed by atoms with Crippen molar-refractivity contribution >= 4 is 28.6 Å². The van der Waals surface area contributed by atoms with Gasteiger partial charge in [0.1, 0.15) is 12.1 Å². The zero-order chi connectivity index (χ0) is 16.5. The van der Waals surface area contributed by atoms with Crippen molar-refractivity contribution in [1.82, 2.24) is 24.5 Å². The second kappa shape index (κ2) is 5.51. The van der Waals surface area contributed by atoms with Crippen LogP contribution >= 0.6 is 0 Å². The lowest BCUT2D eigenvalue weighted by atomic mass is 10.3. The van der Waals surface area contributed by atoms with E-state index in [-0.39, 0.29) is 5.75 Å². The fourth-order valence-electron chi connectivity index (χ4n) is 2.42. The van der Waals surface area contributed by atoms with Crippen molar-refractivity contribution in [2.75, 3.05) is 11.1 Å². The number of nitrogens with one attached hydrogen (secondary N) is 1. The number of fused-ring (bicyclic) bond motifs is 1. The van der Waals surface area contributed by atoms with Crippen LogP contribution in [0.5, 0.6) is 5.75 Å². The van der Waals surface area contributed by atoms with Crippen LogP contribution in [0.25, 0.3) is 17.0 Å². The van der Waals surface area contributed by atoms with Gasteiger partial charge in [-0.3, -0.25) is 0 Å². The molecule has 0 aliphatic rings. The Morgan fingerprint density at radius 1 is 1.00 bits per heavy atom. The van der Waals surface area contributed by atoms with Gasteiger partial charge in [0.2, 0.25) is 17.8 Å². The van der Waals surface area contributed by atoms with Crippen LogP contribution < -0.4 is 11.1 Å². The molecular weight excluding hydrogens is 306 g/mol. The molecule has 2 heterocycles. The molecule has 2 aromatic heterocycles. The van der Waals surface area contributed by atoms with E-state index >= 15 is 0 Å². The molecule has 8 nitrogen and oxygen atoms in total. The summed E-state index contributed by atoms with van der Waals surface area (Å²) >= 11 is 0. The second-order valence-electron chi connectivity index (χ2n) is 5.08. The normalized spacial score (nSPS) is 10.8. The summed E-state index contributed by atoms with van der Waals surface area (Å²) in [7, 11) is 0. The first-order valence-electron chi connectivity index (χ1n) is 7.19. The molecule has 0 amide bonds. The summed E-state index contributed by atoms with van der Waals surface area (Å²) in [6.07, 6.45) is 1.39. The molecule has 0 aliphatic heterocycles. The minimum atomic E-state index is 0.152. The molecule has 2 aromatic carbocycles. The highest BCUT2D eigenvalue weighted by molar-refractivity contribution is 5.80. The van der Waals surface area contributed by atoms with Gasteiger partial charge < -0.3 is 16.2 Å². The summed E-state index contributed by atoms with van der Waals surface area (Å²) in [6.45, 7) is 0. The third-order valence-electron chi connectivity index (χ3n) is 3.45. The van der Waals surface area contributed by atoms with Gasteiger partial charge in [-0.2, -0.15) is 4.98 Å². The maximum absolute atomic E-state index is 9.53. The Bertz CT molecular complexity index is 1030. The number of phenols is 1. The predicted octanol–water partition coefficient (Wildman–Crippen LogP) is 2.24. The molecule has 0 unspecified atom stereocenters. The highest BCUT2D eigenvalue weighted by Gasteiger charge is 2.12. The van der Waals surface area contributed by atoms with Gasteiger partial charge in [-0.15, -0.1) is 0 Å². The summed E-state index contributed by atoms with van der Waals surface area (Å²) in [5, 5.41) is 12.5. The number of nitrogens with two attached hydrogens (primary N) is 1. The number of nitrogen functional groups attached to an aromatic ring is 1. The van der Waals surface area contributed by atoms with Gasteiger partial charge in [0, 0.05) is 11.8 Å². The first-order chi connectivity index (χ1) is 11.7. The van der Waals surface area contributed by atoms with E-state index in [4.69, 9.17) is 5.73 Å². The van der Waals surface area contributed by atoms with Crippen molar-refractivity contribution in [3.63, 3.8) is 0 Å². The molecule has 0 saturated carbocycles. The third kappa shape index (κ3) is 2.45. The summed E-state index contributed by atoms with van der Waals surface area (Å²) in [5.41, 5.74) is 8.24. The van der Waals surface area contributed by atoms with Crippen LogP contribution in [0.3, 0.4) is 0 Å². The van der Waals surface area contributed by atoms with Gasteiger partial charge in [0.25, 0.3) is 0 Å². The quantitative estimate of drug-likeness (QED) is 0.530. The summed E-state index contributed by atoms with van der Waals surface area (Å²) in [5.74, 6) is 1.14. The molecule has 4 rings (SSSR count). The number of para-hydroxylation sites is 2. The summed E-state index contributed by atoms with van der Waals surface area (Å²) in [4.78, 5) is 17.0. The lowest BCUT2D eigenvalue weighted by Gasteiger charge is -2.08. The van der Waals surface area contributed by atoms with E-state index in [1.165, 1.54) is 6.33 Å². The molecular formula is C16H13N7O. The van der Waals surface area contributed by atoms with Crippen LogP contribution in [-0.2, 0) is 0 Å². The standard InChI is InChI=1S/C16H13N7O/c17-14-21-12-6-1-2-7-13(12)23(14)16-19-9-18-15(22-16)20-10-4-3-5-11(24)8-10/h1-9,24H,(H2,17,21)(H,18,19,20,22). The molecule has 4 N–H and O–H groups in total. The number of anilines is 3. The van der Waals surface area contributed by atoms with Crippen molar-refractivity contribution < 1.29 is 5.11 Å². The summed E-state index contributed by atoms with van der Waals surface area (Å²) < 4.78 is 1.66. The molecule has 0 radical (unpaired) electrons. The van der Waals surface area contributed by atoms with E-state index in [1.54, 1.807) is 28.8 Å². The molecule has 0 bridgehead atoms. The first kappa shape index (κ1) is 13.9. The predicted molar refractivity (Wildman–Crippen MR) is 90.3 cm³/mol. The minimum Gasteiger partial charge on any atom is -0.508 e.